The number of nitro groups is 1. The number of non-ortho nitro benzene ring substituents is 1. The Balaban J connectivity index is 1.58. The number of piperidine rings is 1. The Morgan fingerprint density at radius 1 is 1.24 bits per heavy atom. The predicted octanol–water partition coefficient (Wildman–Crippen LogP) is 2.68. The first-order chi connectivity index (χ1) is 15.7. The molecule has 1 atom stereocenters. The molecule has 0 N–H and O–H groups in total. The Morgan fingerprint density at radius 2 is 1.97 bits per heavy atom. The summed E-state index contributed by atoms with van der Waals surface area (Å²) in [5, 5.41) is 11.0. The first-order valence-electron chi connectivity index (χ1n) is 10.2. The van der Waals surface area contributed by atoms with Crippen LogP contribution in [0, 0.1) is 16.0 Å². The summed E-state index contributed by atoms with van der Waals surface area (Å²) in [6, 6.07) is 10.6. The zero-order valence-electron chi connectivity index (χ0n) is 18.0. The highest BCUT2D eigenvalue weighted by atomic mass is 32.2. The van der Waals surface area contributed by atoms with Crippen LogP contribution in [0.1, 0.15) is 12.8 Å². The number of benzene rings is 2. The predicted molar refractivity (Wildman–Crippen MR) is 122 cm³/mol. The van der Waals surface area contributed by atoms with E-state index >= 15 is 0 Å². The monoisotopic (exact) mass is 490 g/mol. The van der Waals surface area contributed by atoms with Gasteiger partial charge in [-0.25, -0.2) is 8.42 Å². The van der Waals surface area contributed by atoms with Crippen LogP contribution in [0.2, 0.25) is 0 Å². The molecule has 1 amide bonds. The van der Waals surface area contributed by atoms with Crippen molar-refractivity contribution in [3.8, 4) is 5.75 Å². The van der Waals surface area contributed by atoms with Crippen molar-refractivity contribution in [2.75, 3.05) is 20.2 Å². The lowest BCUT2D eigenvalue weighted by Gasteiger charge is -2.30. The zero-order chi connectivity index (χ0) is 23.8. The maximum absolute atomic E-state index is 13.1. The van der Waals surface area contributed by atoms with Gasteiger partial charge in [0.05, 0.1) is 33.1 Å². The van der Waals surface area contributed by atoms with Crippen molar-refractivity contribution in [1.82, 2.24) is 8.87 Å². The first-order valence-corrected chi connectivity index (χ1v) is 12.4. The van der Waals surface area contributed by atoms with E-state index in [9.17, 15) is 23.3 Å². The Hall–Kier alpha value is -3.09. The summed E-state index contributed by atoms with van der Waals surface area (Å²) in [7, 11) is -0.511. The second kappa shape index (κ2) is 9.04. The molecule has 10 nitrogen and oxygen atoms in total. The van der Waals surface area contributed by atoms with Crippen LogP contribution in [-0.2, 0) is 21.9 Å². The fraction of sp³-hybridized carbons (Fsp3) is 0.333. The van der Waals surface area contributed by atoms with E-state index < -0.39 is 26.8 Å². The van der Waals surface area contributed by atoms with Crippen LogP contribution >= 0.6 is 11.3 Å². The maximum atomic E-state index is 13.1. The van der Waals surface area contributed by atoms with Crippen molar-refractivity contribution in [1.29, 1.82) is 0 Å². The molecule has 0 aliphatic carbocycles. The highest BCUT2D eigenvalue weighted by Crippen LogP contribution is 2.26. The van der Waals surface area contributed by atoms with Crippen LogP contribution in [0.4, 0.5) is 5.69 Å². The molecule has 1 aliphatic heterocycles. The van der Waals surface area contributed by atoms with E-state index in [-0.39, 0.29) is 17.1 Å². The fourth-order valence-electron chi connectivity index (χ4n) is 3.79. The molecule has 2 heterocycles. The summed E-state index contributed by atoms with van der Waals surface area (Å²) < 4.78 is 34.9. The van der Waals surface area contributed by atoms with Crippen LogP contribution in [-0.4, -0.2) is 48.3 Å². The number of hydrogen-bond donors (Lipinski definition) is 0. The quantitative estimate of drug-likeness (QED) is 0.400. The van der Waals surface area contributed by atoms with E-state index in [1.807, 2.05) is 0 Å². The fourth-order valence-corrected chi connectivity index (χ4v) is 6.37. The summed E-state index contributed by atoms with van der Waals surface area (Å²) >= 11 is 1.18. The number of ether oxygens (including phenoxy) is 1. The molecule has 4 rings (SSSR count). The first kappa shape index (κ1) is 23.1. The van der Waals surface area contributed by atoms with Crippen LogP contribution in [0.3, 0.4) is 0 Å². The lowest BCUT2D eigenvalue weighted by Crippen LogP contribution is -2.42. The highest BCUT2D eigenvalue weighted by Gasteiger charge is 2.33. The van der Waals surface area contributed by atoms with E-state index in [4.69, 9.17) is 4.74 Å². The third-order valence-corrected chi connectivity index (χ3v) is 8.61. The molecule has 33 heavy (non-hydrogen) atoms. The number of sulfonamides is 1. The van der Waals surface area contributed by atoms with E-state index in [0.29, 0.717) is 34.6 Å². The number of nitro benzene ring substituents is 1. The number of rotatable bonds is 5. The molecule has 1 fully saturated rings. The number of fused-ring (bicyclic) bond motifs is 1. The summed E-state index contributed by atoms with van der Waals surface area (Å²) in [4.78, 5) is 28.3. The third-order valence-electron chi connectivity index (χ3n) is 5.64. The van der Waals surface area contributed by atoms with Crippen molar-refractivity contribution >= 4 is 43.2 Å². The number of aromatic nitrogens is 1. The number of thiazole rings is 1. The molecule has 3 aromatic rings. The van der Waals surface area contributed by atoms with Crippen molar-refractivity contribution < 1.29 is 22.9 Å². The Kier molecular flexibility index (Phi) is 6.32. The second-order valence-electron chi connectivity index (χ2n) is 7.68. The molecule has 12 heteroatoms. The van der Waals surface area contributed by atoms with Gasteiger partial charge in [-0.05, 0) is 43.2 Å². The number of amides is 1. The Labute approximate surface area is 193 Å². The molecular weight excluding hydrogens is 468 g/mol. The normalized spacial score (nSPS) is 17.9. The summed E-state index contributed by atoms with van der Waals surface area (Å²) in [5.74, 6) is -0.409. The van der Waals surface area contributed by atoms with Gasteiger partial charge in [0.15, 0.2) is 4.80 Å². The van der Waals surface area contributed by atoms with Crippen molar-refractivity contribution in [3.05, 3.63) is 57.4 Å². The lowest BCUT2D eigenvalue weighted by atomic mass is 9.99. The van der Waals surface area contributed by atoms with Gasteiger partial charge in [-0.2, -0.15) is 9.30 Å². The van der Waals surface area contributed by atoms with E-state index in [2.05, 4.69) is 4.99 Å². The van der Waals surface area contributed by atoms with Crippen LogP contribution in [0.15, 0.2) is 52.4 Å². The summed E-state index contributed by atoms with van der Waals surface area (Å²) in [5.41, 5.74) is 0.693. The van der Waals surface area contributed by atoms with Gasteiger partial charge in [0.25, 0.3) is 11.6 Å². The average molecular weight is 491 g/mol. The van der Waals surface area contributed by atoms with Crippen molar-refractivity contribution in [2.24, 2.45) is 18.0 Å². The number of nitrogens with zero attached hydrogens (tertiary/aromatic N) is 4. The minimum atomic E-state index is -3.75. The molecule has 0 radical (unpaired) electrons. The molecule has 0 bridgehead atoms. The largest absolute Gasteiger partial charge is 0.497 e. The molecule has 0 saturated carbocycles. The van der Waals surface area contributed by atoms with Crippen LogP contribution < -0.4 is 9.54 Å². The molecule has 1 aromatic heterocycles. The van der Waals surface area contributed by atoms with E-state index in [1.165, 1.54) is 47.0 Å². The van der Waals surface area contributed by atoms with Gasteiger partial charge in [-0.15, -0.1) is 0 Å². The van der Waals surface area contributed by atoms with Crippen molar-refractivity contribution in [3.63, 3.8) is 0 Å². The average Bonchev–Trinajstić information content (AvgIpc) is 3.13. The van der Waals surface area contributed by atoms with E-state index in [0.717, 1.165) is 5.52 Å². The molecule has 0 spiro atoms. The van der Waals surface area contributed by atoms with Gasteiger partial charge < -0.3 is 9.30 Å². The number of aryl methyl sites for hydroxylation is 1. The smallest absolute Gasteiger partial charge is 0.270 e. The SMILES string of the molecule is COc1ccc(S(=O)(=O)N2CCCC(C(=O)N=c3sc4cc([N+](=O)[O-])ccc4n3C)C2)cc1. The highest BCUT2D eigenvalue weighted by molar-refractivity contribution is 7.89. The van der Waals surface area contributed by atoms with Crippen LogP contribution in [0.5, 0.6) is 5.75 Å². The molecule has 1 aliphatic rings. The van der Waals surface area contributed by atoms with Gasteiger partial charge >= 0.3 is 0 Å². The standard InChI is InChI=1S/C21H22N4O6S2/c1-23-18-10-5-15(25(27)28)12-19(18)32-21(23)22-20(26)14-4-3-11-24(13-14)33(29,30)17-8-6-16(31-2)7-9-17/h5-10,12,14H,3-4,11,13H2,1-2H3. The number of hydrogen-bond acceptors (Lipinski definition) is 7. The molecule has 1 unspecified atom stereocenters. The van der Waals surface area contributed by atoms with Crippen molar-refractivity contribution in [2.45, 2.75) is 17.7 Å². The molecule has 2 aromatic carbocycles. The van der Waals surface area contributed by atoms with Gasteiger partial charge in [-0.1, -0.05) is 11.3 Å². The number of methoxy groups -OCH3 is 1. The zero-order valence-corrected chi connectivity index (χ0v) is 19.6. The summed E-state index contributed by atoms with van der Waals surface area (Å²) in [6.07, 6.45) is 1.09. The van der Waals surface area contributed by atoms with Gasteiger partial charge in [0.2, 0.25) is 10.0 Å². The Bertz CT molecular complexity index is 1390. The maximum Gasteiger partial charge on any atom is 0.270 e. The molecule has 1 saturated heterocycles. The topological polar surface area (TPSA) is 124 Å². The lowest BCUT2D eigenvalue weighted by molar-refractivity contribution is -0.384. The minimum absolute atomic E-state index is 0.0334. The summed E-state index contributed by atoms with van der Waals surface area (Å²) in [6.45, 7) is 0.384. The number of carbonyl (C=O) groups is 1. The Morgan fingerprint density at radius 3 is 2.64 bits per heavy atom. The van der Waals surface area contributed by atoms with E-state index in [1.54, 1.807) is 29.8 Å². The third kappa shape index (κ3) is 4.54. The van der Waals surface area contributed by atoms with Crippen LogP contribution in [0.25, 0.3) is 10.2 Å². The molecule has 174 valence electrons. The van der Waals surface area contributed by atoms with Gasteiger partial charge in [-0.3, -0.25) is 14.9 Å². The van der Waals surface area contributed by atoms with Gasteiger partial charge in [0.1, 0.15) is 5.75 Å². The molecular formula is C21H22N4O6S2. The number of carbonyl (C=O) groups excluding carboxylic acids is 1. The minimum Gasteiger partial charge on any atom is -0.497 e. The second-order valence-corrected chi connectivity index (χ2v) is 10.6. The van der Waals surface area contributed by atoms with Gasteiger partial charge in [0, 0.05) is 32.3 Å².